The van der Waals surface area contributed by atoms with Crippen LogP contribution in [0.3, 0.4) is 0 Å². The first-order chi connectivity index (χ1) is 11.3. The summed E-state index contributed by atoms with van der Waals surface area (Å²) in [5.74, 6) is -22.7. The summed E-state index contributed by atoms with van der Waals surface area (Å²) < 4.78 is 139. The van der Waals surface area contributed by atoms with Gasteiger partial charge in [0, 0.05) is 0 Å². The Balaban J connectivity index is 5.08. The lowest BCUT2D eigenvalue weighted by atomic mass is 10.1. The number of halogens is 10. The van der Waals surface area contributed by atoms with Crippen molar-refractivity contribution in [1.82, 2.24) is 0 Å². The van der Waals surface area contributed by atoms with E-state index in [0.717, 1.165) is 13.8 Å². The molecule has 0 aliphatic rings. The highest BCUT2D eigenvalue weighted by molar-refractivity contribution is 4.96. The fourth-order valence-corrected chi connectivity index (χ4v) is 1.34. The van der Waals surface area contributed by atoms with Crippen molar-refractivity contribution in [2.24, 2.45) is 0 Å². The van der Waals surface area contributed by atoms with Crippen LogP contribution in [0.15, 0.2) is 0 Å². The Hall–Kier alpha value is -0.820. The van der Waals surface area contributed by atoms with Crippen LogP contribution in [-0.4, -0.2) is 60.3 Å². The number of aliphatic hydroxyl groups is 1. The zero-order valence-corrected chi connectivity index (χ0v) is 13.9. The molecule has 0 spiro atoms. The highest BCUT2D eigenvalue weighted by atomic mass is 19.3. The molecule has 0 fully saturated rings. The SMILES string of the molecule is CCC(C)(C)OC(F)(F)C(F)(F)COCC(F)(F)C(F)(F)C(F)(F)CO. The van der Waals surface area contributed by atoms with E-state index in [0.29, 0.717) is 0 Å². The van der Waals surface area contributed by atoms with Gasteiger partial charge in [0.1, 0.15) is 19.8 Å². The van der Waals surface area contributed by atoms with E-state index in [1.807, 2.05) is 0 Å². The third-order valence-electron chi connectivity index (χ3n) is 3.37. The van der Waals surface area contributed by atoms with Crippen LogP contribution < -0.4 is 0 Å². The average Bonchev–Trinajstić information content (AvgIpc) is 2.45. The summed E-state index contributed by atoms with van der Waals surface area (Å²) in [6, 6.07) is 0. The third-order valence-corrected chi connectivity index (χ3v) is 3.37. The molecule has 0 heterocycles. The van der Waals surface area contributed by atoms with E-state index in [2.05, 4.69) is 9.47 Å². The minimum atomic E-state index is -6.17. The number of hydrogen-bond acceptors (Lipinski definition) is 3. The summed E-state index contributed by atoms with van der Waals surface area (Å²) in [6.45, 7) is -4.50. The van der Waals surface area contributed by atoms with E-state index in [-0.39, 0.29) is 6.42 Å². The summed E-state index contributed by atoms with van der Waals surface area (Å²) in [6.07, 6.45) is -5.35. The molecule has 0 radical (unpaired) electrons. The van der Waals surface area contributed by atoms with Crippen LogP contribution in [0.2, 0.25) is 0 Å². The summed E-state index contributed by atoms with van der Waals surface area (Å²) in [7, 11) is 0. The van der Waals surface area contributed by atoms with Gasteiger partial charge in [0.25, 0.3) is 0 Å². The van der Waals surface area contributed by atoms with Gasteiger partial charge in [-0.25, -0.2) is 0 Å². The normalized spacial score (nSPS) is 15.5. The molecule has 158 valence electrons. The van der Waals surface area contributed by atoms with Gasteiger partial charge in [0.05, 0.1) is 5.60 Å². The predicted molar refractivity (Wildman–Crippen MR) is 68.1 cm³/mol. The van der Waals surface area contributed by atoms with Gasteiger partial charge in [-0.05, 0) is 20.3 Å². The van der Waals surface area contributed by atoms with Crippen molar-refractivity contribution in [2.45, 2.75) is 62.6 Å². The zero-order chi connectivity index (χ0) is 21.2. The van der Waals surface area contributed by atoms with Crippen LogP contribution in [0, 0.1) is 0 Å². The molecule has 0 aliphatic heterocycles. The second-order valence-electron chi connectivity index (χ2n) is 6.07. The molecule has 0 bridgehead atoms. The molecule has 1 N–H and O–H groups in total. The summed E-state index contributed by atoms with van der Waals surface area (Å²) in [4.78, 5) is 0. The molecule has 0 amide bonds. The van der Waals surface area contributed by atoms with Crippen LogP contribution in [0.1, 0.15) is 27.2 Å². The molecule has 0 aromatic rings. The van der Waals surface area contributed by atoms with E-state index in [4.69, 9.17) is 5.11 Å². The van der Waals surface area contributed by atoms with E-state index >= 15 is 0 Å². The lowest BCUT2D eigenvalue weighted by Gasteiger charge is -2.34. The highest BCUT2D eigenvalue weighted by Crippen LogP contribution is 2.46. The minimum Gasteiger partial charge on any atom is -0.390 e. The number of alkyl halides is 10. The standard InChI is InChI=1S/C13H18F10O3/c1-4-8(2,3)26-13(22,23)11(18,19)7-25-6-10(16,17)12(20,21)9(14,15)5-24/h24H,4-7H2,1-3H3. The summed E-state index contributed by atoms with van der Waals surface area (Å²) >= 11 is 0. The molecule has 0 rings (SSSR count). The maximum absolute atomic E-state index is 13.4. The zero-order valence-electron chi connectivity index (χ0n) is 13.9. The smallest absolute Gasteiger partial charge is 0.390 e. The first-order valence-corrected chi connectivity index (χ1v) is 7.06. The van der Waals surface area contributed by atoms with Crippen LogP contribution >= 0.6 is 0 Å². The Morgan fingerprint density at radius 1 is 0.731 bits per heavy atom. The van der Waals surface area contributed by atoms with Gasteiger partial charge >= 0.3 is 29.8 Å². The van der Waals surface area contributed by atoms with Crippen LogP contribution in [0.25, 0.3) is 0 Å². The third kappa shape index (κ3) is 5.35. The van der Waals surface area contributed by atoms with Crippen LogP contribution in [0.5, 0.6) is 0 Å². The maximum Gasteiger partial charge on any atom is 0.422 e. The summed E-state index contributed by atoms with van der Waals surface area (Å²) in [5, 5.41) is 8.05. The van der Waals surface area contributed by atoms with E-state index in [1.165, 1.54) is 6.92 Å². The lowest BCUT2D eigenvalue weighted by Crippen LogP contribution is -2.58. The fraction of sp³-hybridized carbons (Fsp3) is 1.00. The van der Waals surface area contributed by atoms with E-state index in [1.54, 1.807) is 0 Å². The number of hydrogen-bond donors (Lipinski definition) is 1. The first-order valence-electron chi connectivity index (χ1n) is 7.06. The van der Waals surface area contributed by atoms with Gasteiger partial charge in [-0.1, -0.05) is 6.92 Å². The lowest BCUT2D eigenvalue weighted by molar-refractivity contribution is -0.387. The van der Waals surface area contributed by atoms with Gasteiger partial charge < -0.3 is 14.6 Å². The predicted octanol–water partition coefficient (Wildman–Crippen LogP) is 4.33. The maximum atomic E-state index is 13.4. The molecule has 0 atom stereocenters. The van der Waals surface area contributed by atoms with Crippen molar-refractivity contribution in [3.8, 4) is 0 Å². The fourth-order valence-electron chi connectivity index (χ4n) is 1.34. The van der Waals surface area contributed by atoms with Gasteiger partial charge in [-0.15, -0.1) is 0 Å². The Labute approximate surface area is 142 Å². The minimum absolute atomic E-state index is 0.139. The molecule has 0 unspecified atom stereocenters. The first kappa shape index (κ1) is 25.2. The second-order valence-corrected chi connectivity index (χ2v) is 6.07. The van der Waals surface area contributed by atoms with Crippen molar-refractivity contribution in [3.63, 3.8) is 0 Å². The van der Waals surface area contributed by atoms with E-state index < -0.39 is 55.2 Å². The molecule has 26 heavy (non-hydrogen) atoms. The Morgan fingerprint density at radius 3 is 1.54 bits per heavy atom. The Morgan fingerprint density at radius 2 is 1.15 bits per heavy atom. The molecule has 0 saturated heterocycles. The Bertz CT molecular complexity index is 465. The van der Waals surface area contributed by atoms with Crippen LogP contribution in [0.4, 0.5) is 43.9 Å². The number of ether oxygens (including phenoxy) is 2. The van der Waals surface area contributed by atoms with Gasteiger partial charge in [0.2, 0.25) is 0 Å². The molecule has 0 aromatic carbocycles. The average molecular weight is 412 g/mol. The van der Waals surface area contributed by atoms with Crippen LogP contribution in [-0.2, 0) is 9.47 Å². The summed E-state index contributed by atoms with van der Waals surface area (Å²) in [5.41, 5.74) is -1.74. The molecular formula is C13H18F10O3. The van der Waals surface area contributed by atoms with Crippen molar-refractivity contribution in [1.29, 1.82) is 0 Å². The second kappa shape index (κ2) is 7.66. The van der Waals surface area contributed by atoms with Gasteiger partial charge in [-0.3, -0.25) is 0 Å². The molecule has 0 aromatic heterocycles. The highest BCUT2D eigenvalue weighted by Gasteiger charge is 2.71. The number of rotatable bonds is 11. The van der Waals surface area contributed by atoms with Crippen molar-refractivity contribution in [2.75, 3.05) is 19.8 Å². The molecule has 0 aliphatic carbocycles. The molecule has 13 heteroatoms. The van der Waals surface area contributed by atoms with Crippen molar-refractivity contribution >= 4 is 0 Å². The largest absolute Gasteiger partial charge is 0.422 e. The van der Waals surface area contributed by atoms with Crippen molar-refractivity contribution < 1.29 is 58.5 Å². The van der Waals surface area contributed by atoms with E-state index in [9.17, 15) is 43.9 Å². The molecule has 3 nitrogen and oxygen atoms in total. The topological polar surface area (TPSA) is 38.7 Å². The molecule has 0 saturated carbocycles. The Kier molecular flexibility index (Phi) is 7.42. The van der Waals surface area contributed by atoms with Crippen molar-refractivity contribution in [3.05, 3.63) is 0 Å². The molecular weight excluding hydrogens is 394 g/mol. The quantitative estimate of drug-likeness (QED) is 0.514. The van der Waals surface area contributed by atoms with Gasteiger partial charge in [-0.2, -0.15) is 43.9 Å². The van der Waals surface area contributed by atoms with Gasteiger partial charge in [0.15, 0.2) is 0 Å². The monoisotopic (exact) mass is 412 g/mol. The number of aliphatic hydroxyl groups excluding tert-OH is 1.